The van der Waals surface area contributed by atoms with Gasteiger partial charge in [-0.25, -0.2) is 4.68 Å². The van der Waals surface area contributed by atoms with E-state index < -0.39 is 0 Å². The molecule has 0 fully saturated rings. The molecule has 2 atom stereocenters. The summed E-state index contributed by atoms with van der Waals surface area (Å²) in [6, 6.07) is 8.13. The number of ether oxygens (including phenoxy) is 1. The first kappa shape index (κ1) is 11.5. The van der Waals surface area contributed by atoms with Crippen LogP contribution in [0.25, 0.3) is 0 Å². The molecule has 1 aliphatic heterocycles. The van der Waals surface area contributed by atoms with Crippen molar-refractivity contribution < 1.29 is 4.74 Å². The first-order valence-corrected chi connectivity index (χ1v) is 6.44. The fourth-order valence-corrected chi connectivity index (χ4v) is 2.25. The maximum absolute atomic E-state index is 5.96. The van der Waals surface area contributed by atoms with E-state index in [-0.39, 0.29) is 11.5 Å². The molecule has 0 spiro atoms. The summed E-state index contributed by atoms with van der Waals surface area (Å²) in [6.07, 6.45) is 2.92. The summed E-state index contributed by atoms with van der Waals surface area (Å²) in [7, 11) is 0. The molecule has 2 heterocycles. The van der Waals surface area contributed by atoms with Crippen molar-refractivity contribution in [1.29, 1.82) is 0 Å². The minimum atomic E-state index is -0.111. The van der Waals surface area contributed by atoms with Gasteiger partial charge in [0.05, 0.1) is 18.1 Å². The highest BCUT2D eigenvalue weighted by Gasteiger charge is 2.23. The van der Waals surface area contributed by atoms with Crippen LogP contribution in [0.4, 0.5) is 0 Å². The van der Waals surface area contributed by atoms with Crippen molar-refractivity contribution in [2.75, 3.05) is 0 Å². The Bertz CT molecular complexity index is 528. The minimum Gasteiger partial charge on any atom is -0.488 e. The van der Waals surface area contributed by atoms with Crippen molar-refractivity contribution >= 4 is 11.6 Å². The molecule has 4 nitrogen and oxygen atoms in total. The Morgan fingerprint density at radius 1 is 1.50 bits per heavy atom. The van der Waals surface area contributed by atoms with E-state index in [0.717, 1.165) is 17.9 Å². The summed E-state index contributed by atoms with van der Waals surface area (Å²) >= 11 is 5.96. The second kappa shape index (κ2) is 4.61. The Kier molecular flexibility index (Phi) is 2.96. The van der Waals surface area contributed by atoms with Gasteiger partial charge >= 0.3 is 0 Å². The molecule has 2 aromatic rings. The zero-order valence-corrected chi connectivity index (χ0v) is 10.8. The summed E-state index contributed by atoms with van der Waals surface area (Å²) in [5, 5.41) is 7.99. The molecule has 0 N–H and O–H groups in total. The largest absolute Gasteiger partial charge is 0.488 e. The summed E-state index contributed by atoms with van der Waals surface area (Å²) in [6.45, 7) is 2.59. The SMILES string of the molecule is CC(Cl)c1cn(CC2Cc3ccccc3O2)nn1. The Balaban J connectivity index is 1.68. The quantitative estimate of drug-likeness (QED) is 0.799. The molecular weight excluding hydrogens is 250 g/mol. The molecule has 1 aliphatic rings. The third-order valence-electron chi connectivity index (χ3n) is 3.07. The lowest BCUT2D eigenvalue weighted by atomic mass is 10.1. The number of fused-ring (bicyclic) bond motifs is 1. The van der Waals surface area contributed by atoms with Crippen molar-refractivity contribution in [3.05, 3.63) is 41.7 Å². The van der Waals surface area contributed by atoms with E-state index in [0.29, 0.717) is 6.54 Å². The number of alkyl halides is 1. The van der Waals surface area contributed by atoms with Crippen molar-refractivity contribution in [2.24, 2.45) is 0 Å². The van der Waals surface area contributed by atoms with Gasteiger partial charge in [-0.3, -0.25) is 0 Å². The van der Waals surface area contributed by atoms with E-state index in [4.69, 9.17) is 16.3 Å². The van der Waals surface area contributed by atoms with Gasteiger partial charge in [0.25, 0.3) is 0 Å². The molecule has 0 saturated heterocycles. The molecule has 0 saturated carbocycles. The van der Waals surface area contributed by atoms with Crippen molar-refractivity contribution in [2.45, 2.75) is 31.4 Å². The number of nitrogens with zero attached hydrogens (tertiary/aromatic N) is 3. The van der Waals surface area contributed by atoms with Gasteiger partial charge in [-0.1, -0.05) is 23.4 Å². The first-order valence-electron chi connectivity index (χ1n) is 6.01. The van der Waals surface area contributed by atoms with E-state index in [1.54, 1.807) is 4.68 Å². The Morgan fingerprint density at radius 2 is 2.33 bits per heavy atom. The first-order chi connectivity index (χ1) is 8.72. The molecule has 0 aliphatic carbocycles. The zero-order chi connectivity index (χ0) is 12.5. The van der Waals surface area contributed by atoms with Crippen molar-refractivity contribution in [3.63, 3.8) is 0 Å². The van der Waals surface area contributed by atoms with Crippen LogP contribution in [0.2, 0.25) is 0 Å². The molecule has 1 aromatic heterocycles. The van der Waals surface area contributed by atoms with E-state index in [1.807, 2.05) is 31.3 Å². The fourth-order valence-electron chi connectivity index (χ4n) is 2.15. The molecule has 3 rings (SSSR count). The van der Waals surface area contributed by atoms with Crippen LogP contribution < -0.4 is 4.74 Å². The van der Waals surface area contributed by atoms with Gasteiger partial charge in [0.2, 0.25) is 0 Å². The number of halogens is 1. The smallest absolute Gasteiger partial charge is 0.123 e. The molecule has 0 bridgehead atoms. The Labute approximate surface area is 111 Å². The zero-order valence-electron chi connectivity index (χ0n) is 10.1. The second-order valence-corrected chi connectivity index (χ2v) is 5.19. The summed E-state index contributed by atoms with van der Waals surface area (Å²) in [4.78, 5) is 0. The van der Waals surface area contributed by atoms with Gasteiger partial charge in [0.1, 0.15) is 17.5 Å². The van der Waals surface area contributed by atoms with Gasteiger partial charge in [-0.2, -0.15) is 0 Å². The monoisotopic (exact) mass is 263 g/mol. The van der Waals surface area contributed by atoms with Crippen LogP contribution in [0, 0.1) is 0 Å². The molecule has 1 aromatic carbocycles. The summed E-state index contributed by atoms with van der Waals surface area (Å²) < 4.78 is 7.66. The van der Waals surface area contributed by atoms with Gasteiger partial charge in [0, 0.05) is 6.42 Å². The predicted octanol–water partition coefficient (Wildman–Crippen LogP) is 2.58. The summed E-state index contributed by atoms with van der Waals surface area (Å²) in [5.41, 5.74) is 2.06. The number of benzene rings is 1. The molecule has 0 radical (unpaired) electrons. The molecular formula is C13H14ClN3O. The normalized spacial score (nSPS) is 19.3. The Morgan fingerprint density at radius 3 is 3.06 bits per heavy atom. The van der Waals surface area contributed by atoms with Crippen LogP contribution in [0.1, 0.15) is 23.6 Å². The van der Waals surface area contributed by atoms with Crippen LogP contribution in [0.5, 0.6) is 5.75 Å². The van der Waals surface area contributed by atoms with Crippen LogP contribution in [-0.4, -0.2) is 21.1 Å². The summed E-state index contributed by atoms with van der Waals surface area (Å²) in [5.74, 6) is 0.980. The lowest BCUT2D eigenvalue weighted by Gasteiger charge is -2.09. The van der Waals surface area contributed by atoms with Crippen LogP contribution in [0.15, 0.2) is 30.5 Å². The van der Waals surface area contributed by atoms with Crippen molar-refractivity contribution in [3.8, 4) is 5.75 Å². The number of rotatable bonds is 3. The van der Waals surface area contributed by atoms with Gasteiger partial charge in [0.15, 0.2) is 0 Å². The third kappa shape index (κ3) is 2.20. The number of para-hydroxylation sites is 1. The van der Waals surface area contributed by atoms with Crippen LogP contribution in [-0.2, 0) is 13.0 Å². The van der Waals surface area contributed by atoms with Crippen LogP contribution in [0.3, 0.4) is 0 Å². The third-order valence-corrected chi connectivity index (χ3v) is 3.29. The number of hydrogen-bond acceptors (Lipinski definition) is 3. The molecule has 94 valence electrons. The van der Waals surface area contributed by atoms with Crippen LogP contribution >= 0.6 is 11.6 Å². The molecule has 2 unspecified atom stereocenters. The van der Waals surface area contributed by atoms with Gasteiger partial charge in [-0.15, -0.1) is 16.7 Å². The topological polar surface area (TPSA) is 39.9 Å². The standard InChI is InChI=1S/C13H14ClN3O/c1-9(14)12-8-17(16-15-12)7-11-6-10-4-2-3-5-13(10)18-11/h2-5,8-9,11H,6-7H2,1H3. The lowest BCUT2D eigenvalue weighted by molar-refractivity contribution is 0.202. The highest BCUT2D eigenvalue weighted by atomic mass is 35.5. The maximum atomic E-state index is 5.96. The average Bonchev–Trinajstić information content (AvgIpc) is 2.94. The minimum absolute atomic E-state index is 0.111. The molecule has 0 amide bonds. The van der Waals surface area contributed by atoms with E-state index in [9.17, 15) is 0 Å². The van der Waals surface area contributed by atoms with E-state index in [2.05, 4.69) is 16.4 Å². The molecule has 18 heavy (non-hydrogen) atoms. The lowest BCUT2D eigenvalue weighted by Crippen LogP contribution is -2.21. The highest BCUT2D eigenvalue weighted by Crippen LogP contribution is 2.28. The van der Waals surface area contributed by atoms with E-state index >= 15 is 0 Å². The number of hydrogen-bond donors (Lipinski definition) is 0. The van der Waals surface area contributed by atoms with Gasteiger partial charge < -0.3 is 4.74 Å². The predicted molar refractivity (Wildman–Crippen MR) is 68.9 cm³/mol. The number of aromatic nitrogens is 3. The maximum Gasteiger partial charge on any atom is 0.123 e. The Hall–Kier alpha value is -1.55. The highest BCUT2D eigenvalue weighted by molar-refractivity contribution is 6.20. The molecule has 5 heteroatoms. The second-order valence-electron chi connectivity index (χ2n) is 4.53. The average molecular weight is 264 g/mol. The van der Waals surface area contributed by atoms with E-state index in [1.165, 1.54) is 5.56 Å². The fraction of sp³-hybridized carbons (Fsp3) is 0.385. The van der Waals surface area contributed by atoms with Crippen molar-refractivity contribution in [1.82, 2.24) is 15.0 Å². The van der Waals surface area contributed by atoms with Gasteiger partial charge in [-0.05, 0) is 18.6 Å².